The van der Waals surface area contributed by atoms with Crippen molar-refractivity contribution in [1.29, 1.82) is 0 Å². The molecule has 2 aliphatic heterocycles. The van der Waals surface area contributed by atoms with Crippen LogP contribution in [-0.2, 0) is 10.0 Å². The number of likely N-dealkylation sites (tertiary alicyclic amines) is 1. The number of thioether (sulfide) groups is 1. The van der Waals surface area contributed by atoms with Crippen molar-refractivity contribution in [3.8, 4) is 0 Å². The fraction of sp³-hybridized carbons (Fsp3) is 0.737. The van der Waals surface area contributed by atoms with E-state index in [1.807, 2.05) is 12.1 Å². The van der Waals surface area contributed by atoms with Gasteiger partial charge < -0.3 is 15.1 Å². The normalized spacial score (nSPS) is 20.4. The molecule has 0 spiro atoms. The summed E-state index contributed by atoms with van der Waals surface area (Å²) in [6.07, 6.45) is 5.40. The average molecular weight is 572 g/mol. The molecular weight excluding hydrogens is 537 g/mol. The highest BCUT2D eigenvalue weighted by molar-refractivity contribution is 14.0. The van der Waals surface area contributed by atoms with Gasteiger partial charge in [0.05, 0.1) is 18.1 Å². The molecule has 1 aromatic heterocycles. The van der Waals surface area contributed by atoms with Crippen molar-refractivity contribution >= 4 is 51.7 Å². The number of aliphatic imine (C=N–C) groups is 1. The molecule has 0 aromatic carbocycles. The number of furan rings is 1. The molecule has 11 heteroatoms. The van der Waals surface area contributed by atoms with Gasteiger partial charge >= 0.3 is 0 Å². The Morgan fingerprint density at radius 2 is 1.93 bits per heavy atom. The summed E-state index contributed by atoms with van der Waals surface area (Å²) in [6, 6.07) is 4.07. The van der Waals surface area contributed by atoms with Crippen molar-refractivity contribution in [2.75, 3.05) is 63.6 Å². The Labute approximate surface area is 201 Å². The van der Waals surface area contributed by atoms with Crippen LogP contribution >= 0.6 is 35.7 Å². The minimum Gasteiger partial charge on any atom is -0.468 e. The number of nitrogens with zero attached hydrogens (tertiary/aromatic N) is 3. The van der Waals surface area contributed by atoms with Crippen LogP contribution in [0.1, 0.15) is 31.1 Å². The van der Waals surface area contributed by atoms with Gasteiger partial charge in [0, 0.05) is 44.7 Å². The number of piperidine rings is 1. The second kappa shape index (κ2) is 13.1. The molecule has 1 atom stereocenters. The molecule has 172 valence electrons. The largest absolute Gasteiger partial charge is 0.468 e. The molecule has 2 aliphatic rings. The quantitative estimate of drug-likeness (QED) is 0.280. The van der Waals surface area contributed by atoms with Gasteiger partial charge in [-0.15, -0.1) is 24.0 Å². The number of halogens is 1. The van der Waals surface area contributed by atoms with Crippen molar-refractivity contribution in [3.63, 3.8) is 0 Å². The van der Waals surface area contributed by atoms with Gasteiger partial charge in [0.15, 0.2) is 5.96 Å². The summed E-state index contributed by atoms with van der Waals surface area (Å²) >= 11 is 1.80. The summed E-state index contributed by atoms with van der Waals surface area (Å²) in [5.74, 6) is 3.39. The molecule has 1 unspecified atom stereocenters. The van der Waals surface area contributed by atoms with E-state index in [0.717, 1.165) is 30.4 Å². The van der Waals surface area contributed by atoms with E-state index in [-0.39, 0.29) is 35.8 Å². The molecule has 0 radical (unpaired) electrons. The number of guanidine groups is 1. The molecule has 0 saturated carbocycles. The Hall–Kier alpha value is -0.500. The molecule has 1 aromatic rings. The van der Waals surface area contributed by atoms with Gasteiger partial charge in [0.2, 0.25) is 10.0 Å². The Kier molecular flexibility index (Phi) is 11.3. The van der Waals surface area contributed by atoms with Crippen LogP contribution in [0, 0.1) is 0 Å². The Morgan fingerprint density at radius 1 is 1.20 bits per heavy atom. The first kappa shape index (κ1) is 25.8. The lowest BCUT2D eigenvalue weighted by atomic mass is 10.1. The second-order valence-corrected chi connectivity index (χ2v) is 10.6. The Balaban J connectivity index is 0.00000320. The summed E-state index contributed by atoms with van der Waals surface area (Å²) in [4.78, 5) is 6.70. The zero-order chi connectivity index (χ0) is 20.5. The number of hydrogen-bond donors (Lipinski definition) is 2. The highest BCUT2D eigenvalue weighted by atomic mass is 127. The van der Waals surface area contributed by atoms with Gasteiger partial charge in [-0.05, 0) is 38.1 Å². The van der Waals surface area contributed by atoms with E-state index < -0.39 is 10.0 Å². The molecule has 8 nitrogen and oxygen atoms in total. The average Bonchev–Trinajstić information content (AvgIpc) is 3.28. The van der Waals surface area contributed by atoms with E-state index in [9.17, 15) is 8.42 Å². The molecular formula is C19H34IN5O3S2. The molecule has 3 heterocycles. The molecule has 3 rings (SSSR count). The molecule has 30 heavy (non-hydrogen) atoms. The monoisotopic (exact) mass is 571 g/mol. The lowest BCUT2D eigenvalue weighted by molar-refractivity contribution is 0.146. The van der Waals surface area contributed by atoms with E-state index in [1.54, 1.807) is 29.4 Å². The molecule has 0 aliphatic carbocycles. The van der Waals surface area contributed by atoms with Crippen LogP contribution in [0.4, 0.5) is 0 Å². The number of hydrogen-bond acceptors (Lipinski definition) is 6. The predicted octanol–water partition coefficient (Wildman–Crippen LogP) is 1.97. The van der Waals surface area contributed by atoms with Crippen LogP contribution in [0.5, 0.6) is 0 Å². The first-order chi connectivity index (χ1) is 14.1. The zero-order valence-corrected chi connectivity index (χ0v) is 21.5. The lowest BCUT2D eigenvalue weighted by Gasteiger charge is -2.33. The van der Waals surface area contributed by atoms with E-state index in [0.29, 0.717) is 32.1 Å². The fourth-order valence-corrected chi connectivity index (χ4v) is 6.28. The van der Waals surface area contributed by atoms with E-state index >= 15 is 0 Å². The van der Waals surface area contributed by atoms with Gasteiger partial charge in [-0.1, -0.05) is 6.42 Å². The van der Waals surface area contributed by atoms with Crippen LogP contribution in [0.15, 0.2) is 27.8 Å². The maximum Gasteiger partial charge on any atom is 0.215 e. The molecule has 0 bridgehead atoms. The minimum absolute atomic E-state index is 0. The summed E-state index contributed by atoms with van der Waals surface area (Å²) in [6.45, 7) is 4.34. The van der Waals surface area contributed by atoms with Gasteiger partial charge in [-0.25, -0.2) is 12.7 Å². The second-order valence-electron chi connectivity index (χ2n) is 7.34. The topological polar surface area (TPSA) is 90.2 Å². The van der Waals surface area contributed by atoms with Crippen molar-refractivity contribution < 1.29 is 12.8 Å². The molecule has 2 N–H and O–H groups in total. The van der Waals surface area contributed by atoms with Crippen LogP contribution in [0.2, 0.25) is 0 Å². The first-order valence-electron chi connectivity index (χ1n) is 10.4. The highest BCUT2D eigenvalue weighted by Crippen LogP contribution is 2.24. The van der Waals surface area contributed by atoms with Crippen LogP contribution < -0.4 is 10.6 Å². The molecule has 0 amide bonds. The zero-order valence-electron chi connectivity index (χ0n) is 17.6. The fourth-order valence-electron chi connectivity index (χ4n) is 3.79. The van der Waals surface area contributed by atoms with Crippen molar-refractivity contribution in [3.05, 3.63) is 24.2 Å². The van der Waals surface area contributed by atoms with E-state index in [2.05, 4.69) is 20.5 Å². The van der Waals surface area contributed by atoms with E-state index in [4.69, 9.17) is 4.42 Å². The van der Waals surface area contributed by atoms with Gasteiger partial charge in [-0.3, -0.25) is 9.89 Å². The minimum atomic E-state index is -3.22. The third kappa shape index (κ3) is 7.57. The third-order valence-electron chi connectivity index (χ3n) is 5.41. The standard InChI is InChI=1S/C19H33N5O3S2.HI/c1-20-19(21-7-15-29(25,26)24-10-13-28-14-11-24)22-16-17(18-6-5-12-27-18)23-8-3-2-4-9-23;/h5-6,12,17H,2-4,7-11,13-16H2,1H3,(H2,20,21,22);1H. The van der Waals surface area contributed by atoms with Crippen LogP contribution in [-0.4, -0.2) is 87.2 Å². The Morgan fingerprint density at radius 3 is 2.57 bits per heavy atom. The number of sulfonamides is 1. The highest BCUT2D eigenvalue weighted by Gasteiger charge is 2.25. The van der Waals surface area contributed by atoms with Gasteiger partial charge in [0.25, 0.3) is 0 Å². The van der Waals surface area contributed by atoms with E-state index in [1.165, 1.54) is 19.3 Å². The summed E-state index contributed by atoms with van der Waals surface area (Å²) in [5.41, 5.74) is 0. The maximum absolute atomic E-state index is 12.5. The van der Waals surface area contributed by atoms with Crippen molar-refractivity contribution in [1.82, 2.24) is 19.8 Å². The molecule has 2 saturated heterocycles. The smallest absolute Gasteiger partial charge is 0.215 e. The van der Waals surface area contributed by atoms with Crippen LogP contribution in [0.25, 0.3) is 0 Å². The van der Waals surface area contributed by atoms with Crippen molar-refractivity contribution in [2.24, 2.45) is 4.99 Å². The van der Waals surface area contributed by atoms with Gasteiger partial charge in [0.1, 0.15) is 5.76 Å². The lowest BCUT2D eigenvalue weighted by Crippen LogP contribution is -2.46. The van der Waals surface area contributed by atoms with Gasteiger partial charge in [-0.2, -0.15) is 11.8 Å². The number of rotatable bonds is 8. The third-order valence-corrected chi connectivity index (χ3v) is 8.22. The summed E-state index contributed by atoms with van der Waals surface area (Å²) < 4.78 is 32.2. The number of nitrogens with one attached hydrogen (secondary N) is 2. The maximum atomic E-state index is 12.5. The Bertz CT molecular complexity index is 733. The summed E-state index contributed by atoms with van der Waals surface area (Å²) in [5, 5.41) is 6.49. The molecule has 2 fully saturated rings. The SMILES string of the molecule is CN=C(NCCS(=O)(=O)N1CCSCC1)NCC(c1ccco1)N1CCCCC1.I. The van der Waals surface area contributed by atoms with Crippen molar-refractivity contribution in [2.45, 2.75) is 25.3 Å². The van der Waals surface area contributed by atoms with Crippen LogP contribution in [0.3, 0.4) is 0 Å². The predicted molar refractivity (Wildman–Crippen MR) is 134 cm³/mol. The summed E-state index contributed by atoms with van der Waals surface area (Å²) in [7, 11) is -1.52. The first-order valence-corrected chi connectivity index (χ1v) is 13.1.